The van der Waals surface area contributed by atoms with Crippen LogP contribution in [0.2, 0.25) is 5.02 Å². The van der Waals surface area contributed by atoms with Gasteiger partial charge in [-0.05, 0) is 38.8 Å². The Morgan fingerprint density at radius 2 is 2.08 bits per heavy atom. The number of rotatable bonds is 5. The van der Waals surface area contributed by atoms with E-state index in [0.717, 1.165) is 5.56 Å². The number of anilines is 1. The van der Waals surface area contributed by atoms with E-state index >= 15 is 0 Å². The molecule has 2 rings (SSSR count). The van der Waals surface area contributed by atoms with Crippen molar-refractivity contribution in [3.05, 3.63) is 50.3 Å². The molecule has 128 valence electrons. The van der Waals surface area contributed by atoms with E-state index in [1.165, 1.54) is 12.1 Å². The van der Waals surface area contributed by atoms with Gasteiger partial charge in [0.25, 0.3) is 5.69 Å². The SMILES string of the molecule is CCC(C(=O)Nc1ccc(C)cc1[N+](=O)[O-])n1nc(C)c(Cl)c1C. The molecule has 7 nitrogen and oxygen atoms in total. The van der Waals surface area contributed by atoms with Gasteiger partial charge in [-0.2, -0.15) is 5.10 Å². The van der Waals surface area contributed by atoms with Crippen LogP contribution in [0.3, 0.4) is 0 Å². The Labute approximate surface area is 144 Å². The number of hydrogen-bond donors (Lipinski definition) is 1. The Morgan fingerprint density at radius 3 is 2.58 bits per heavy atom. The van der Waals surface area contributed by atoms with E-state index in [-0.39, 0.29) is 17.3 Å². The van der Waals surface area contributed by atoms with Gasteiger partial charge in [-0.1, -0.05) is 24.6 Å². The molecule has 1 unspecified atom stereocenters. The van der Waals surface area contributed by atoms with Crippen molar-refractivity contribution in [1.29, 1.82) is 0 Å². The first-order valence-electron chi connectivity index (χ1n) is 7.53. The maximum absolute atomic E-state index is 12.6. The zero-order valence-corrected chi connectivity index (χ0v) is 14.7. The highest BCUT2D eigenvalue weighted by Gasteiger charge is 2.25. The fourth-order valence-electron chi connectivity index (χ4n) is 2.53. The minimum Gasteiger partial charge on any atom is -0.318 e. The smallest absolute Gasteiger partial charge is 0.293 e. The molecule has 1 atom stereocenters. The van der Waals surface area contributed by atoms with Crippen LogP contribution in [0.25, 0.3) is 0 Å². The summed E-state index contributed by atoms with van der Waals surface area (Å²) in [6.45, 7) is 7.15. The molecule has 8 heteroatoms. The number of nitrogens with one attached hydrogen (secondary N) is 1. The van der Waals surface area contributed by atoms with E-state index in [9.17, 15) is 14.9 Å². The molecule has 0 aliphatic carbocycles. The predicted octanol–water partition coefficient (Wildman–Crippen LogP) is 3.96. The van der Waals surface area contributed by atoms with Gasteiger partial charge in [0.05, 0.1) is 21.3 Å². The summed E-state index contributed by atoms with van der Waals surface area (Å²) in [5, 5.41) is 18.6. The number of nitro groups is 1. The summed E-state index contributed by atoms with van der Waals surface area (Å²) in [6.07, 6.45) is 0.476. The van der Waals surface area contributed by atoms with Crippen molar-refractivity contribution < 1.29 is 9.72 Å². The second-order valence-electron chi connectivity index (χ2n) is 5.62. The van der Waals surface area contributed by atoms with E-state index in [1.54, 1.807) is 31.5 Å². The summed E-state index contributed by atoms with van der Waals surface area (Å²) in [7, 11) is 0. The molecule has 0 radical (unpaired) electrons. The van der Waals surface area contributed by atoms with Crippen molar-refractivity contribution in [3.63, 3.8) is 0 Å². The van der Waals surface area contributed by atoms with Gasteiger partial charge in [-0.15, -0.1) is 0 Å². The third-order valence-electron chi connectivity index (χ3n) is 3.83. The molecule has 1 aromatic heterocycles. The molecule has 2 aromatic rings. The monoisotopic (exact) mass is 350 g/mol. The van der Waals surface area contributed by atoms with Crippen LogP contribution in [0.1, 0.15) is 36.3 Å². The lowest BCUT2D eigenvalue weighted by Gasteiger charge is -2.17. The van der Waals surface area contributed by atoms with Crippen molar-refractivity contribution in [3.8, 4) is 0 Å². The largest absolute Gasteiger partial charge is 0.318 e. The highest BCUT2D eigenvalue weighted by atomic mass is 35.5. The Balaban J connectivity index is 2.34. The van der Waals surface area contributed by atoms with E-state index in [2.05, 4.69) is 10.4 Å². The lowest BCUT2D eigenvalue weighted by atomic mass is 10.1. The molecule has 0 aliphatic heterocycles. The number of nitro benzene ring substituents is 1. The average molecular weight is 351 g/mol. The minimum absolute atomic E-state index is 0.135. The number of benzene rings is 1. The minimum atomic E-state index is -0.600. The fraction of sp³-hybridized carbons (Fsp3) is 0.375. The van der Waals surface area contributed by atoms with Gasteiger partial charge >= 0.3 is 0 Å². The van der Waals surface area contributed by atoms with E-state index in [1.807, 2.05) is 6.92 Å². The molecule has 0 saturated carbocycles. The molecule has 0 saturated heterocycles. The van der Waals surface area contributed by atoms with Crippen molar-refractivity contribution in [2.45, 2.75) is 40.2 Å². The van der Waals surface area contributed by atoms with Crippen LogP contribution in [0.4, 0.5) is 11.4 Å². The van der Waals surface area contributed by atoms with Crippen molar-refractivity contribution in [1.82, 2.24) is 9.78 Å². The Bertz CT molecular complexity index is 801. The molecule has 0 aliphatic rings. The quantitative estimate of drug-likeness (QED) is 0.652. The number of amides is 1. The maximum Gasteiger partial charge on any atom is 0.293 e. The van der Waals surface area contributed by atoms with Crippen molar-refractivity contribution >= 4 is 28.9 Å². The molecule has 1 heterocycles. The maximum atomic E-state index is 12.6. The molecule has 0 bridgehead atoms. The van der Waals surface area contributed by atoms with Crippen LogP contribution in [-0.2, 0) is 4.79 Å². The normalized spacial score (nSPS) is 12.0. The highest BCUT2D eigenvalue weighted by Crippen LogP contribution is 2.28. The topological polar surface area (TPSA) is 90.1 Å². The van der Waals surface area contributed by atoms with Crippen LogP contribution in [-0.4, -0.2) is 20.6 Å². The first kappa shape index (κ1) is 17.9. The molecule has 24 heavy (non-hydrogen) atoms. The second-order valence-corrected chi connectivity index (χ2v) is 6.00. The Morgan fingerprint density at radius 1 is 1.42 bits per heavy atom. The average Bonchev–Trinajstić information content (AvgIpc) is 2.77. The van der Waals surface area contributed by atoms with Gasteiger partial charge in [0.1, 0.15) is 11.7 Å². The van der Waals surface area contributed by atoms with Gasteiger partial charge in [0.15, 0.2) is 0 Å². The van der Waals surface area contributed by atoms with Crippen LogP contribution < -0.4 is 5.32 Å². The van der Waals surface area contributed by atoms with Gasteiger partial charge < -0.3 is 5.32 Å². The number of halogens is 1. The summed E-state index contributed by atoms with van der Waals surface area (Å²) in [4.78, 5) is 23.3. The van der Waals surface area contributed by atoms with Gasteiger partial charge in [0, 0.05) is 6.07 Å². The molecule has 0 fully saturated rings. The van der Waals surface area contributed by atoms with Crippen LogP contribution in [0.15, 0.2) is 18.2 Å². The first-order chi connectivity index (χ1) is 11.3. The highest BCUT2D eigenvalue weighted by molar-refractivity contribution is 6.31. The summed E-state index contributed by atoms with van der Waals surface area (Å²) in [5.41, 5.74) is 2.11. The Kier molecular flexibility index (Phi) is 5.23. The molecule has 1 aromatic carbocycles. The predicted molar refractivity (Wildman–Crippen MR) is 92.5 cm³/mol. The Hall–Kier alpha value is -2.41. The summed E-state index contributed by atoms with van der Waals surface area (Å²) in [6, 6.07) is 4.07. The first-order valence-corrected chi connectivity index (χ1v) is 7.91. The van der Waals surface area contributed by atoms with Crippen molar-refractivity contribution in [2.24, 2.45) is 0 Å². The number of carbonyl (C=O) groups excluding carboxylic acids is 1. The van der Waals surface area contributed by atoms with E-state index in [0.29, 0.717) is 22.8 Å². The molecule has 1 amide bonds. The third-order valence-corrected chi connectivity index (χ3v) is 4.38. The van der Waals surface area contributed by atoms with Gasteiger partial charge in [-0.3, -0.25) is 19.6 Å². The number of aromatic nitrogens is 2. The number of aryl methyl sites for hydroxylation is 2. The number of carbonyl (C=O) groups is 1. The van der Waals surface area contributed by atoms with E-state index < -0.39 is 11.0 Å². The number of nitrogens with zero attached hydrogens (tertiary/aromatic N) is 3. The second kappa shape index (κ2) is 7.00. The summed E-state index contributed by atoms with van der Waals surface area (Å²) in [5.74, 6) is -0.369. The summed E-state index contributed by atoms with van der Waals surface area (Å²) < 4.78 is 1.56. The lowest BCUT2D eigenvalue weighted by molar-refractivity contribution is -0.384. The third kappa shape index (κ3) is 3.41. The lowest BCUT2D eigenvalue weighted by Crippen LogP contribution is -2.27. The zero-order chi connectivity index (χ0) is 18.0. The standard InChI is InChI=1S/C16H19ClN4O3/c1-5-13(20-11(4)15(17)10(3)19-20)16(22)18-12-7-6-9(2)8-14(12)21(23)24/h6-8,13H,5H2,1-4H3,(H,18,22). The molecule has 0 spiro atoms. The van der Waals surface area contributed by atoms with Crippen molar-refractivity contribution in [2.75, 3.05) is 5.32 Å². The van der Waals surface area contributed by atoms with E-state index in [4.69, 9.17) is 11.6 Å². The van der Waals surface area contributed by atoms with Crippen LogP contribution >= 0.6 is 11.6 Å². The molecule has 1 N–H and O–H groups in total. The molecular weight excluding hydrogens is 332 g/mol. The molecular formula is C16H19ClN4O3. The fourth-order valence-corrected chi connectivity index (χ4v) is 2.65. The van der Waals surface area contributed by atoms with Gasteiger partial charge in [0.2, 0.25) is 5.91 Å². The summed E-state index contributed by atoms with van der Waals surface area (Å²) >= 11 is 6.14. The number of hydrogen-bond acceptors (Lipinski definition) is 4. The van der Waals surface area contributed by atoms with Crippen LogP contribution in [0.5, 0.6) is 0 Å². The van der Waals surface area contributed by atoms with Crippen LogP contribution in [0, 0.1) is 30.9 Å². The van der Waals surface area contributed by atoms with Gasteiger partial charge in [-0.25, -0.2) is 0 Å². The zero-order valence-electron chi connectivity index (χ0n) is 14.0.